The molecule has 6 rings (SSSR count). The summed E-state index contributed by atoms with van der Waals surface area (Å²) in [6.07, 6.45) is 3.76. The fraction of sp³-hybridized carbons (Fsp3) is 0.306. The van der Waals surface area contributed by atoms with Crippen molar-refractivity contribution in [3.05, 3.63) is 87.1 Å². The minimum Gasteiger partial charge on any atom is -0.366 e. The molecule has 1 atom stereocenters. The molecule has 3 aromatic heterocycles. The second-order valence-corrected chi connectivity index (χ2v) is 15.4. The molecule has 1 aliphatic heterocycles. The number of fused-ring (bicyclic) bond motifs is 2. The Kier molecular flexibility index (Phi) is 9.24. The number of piperazine rings is 1. The van der Waals surface area contributed by atoms with E-state index in [1.165, 1.54) is 11.0 Å². The van der Waals surface area contributed by atoms with Gasteiger partial charge in [0.2, 0.25) is 0 Å². The van der Waals surface area contributed by atoms with Crippen LogP contribution in [0.1, 0.15) is 43.0 Å². The summed E-state index contributed by atoms with van der Waals surface area (Å²) in [7, 11) is -4.36. The Morgan fingerprint density at radius 1 is 1.16 bits per heavy atom. The molecule has 264 valence electrons. The molecule has 0 saturated carbocycles. The molecule has 15 heteroatoms. The van der Waals surface area contributed by atoms with Gasteiger partial charge in [-0.15, -0.1) is 0 Å². The number of pyridine rings is 2. The Hall–Kier alpha value is -5.13. The molecule has 1 saturated heterocycles. The van der Waals surface area contributed by atoms with Crippen molar-refractivity contribution >= 4 is 54.8 Å². The summed E-state index contributed by atoms with van der Waals surface area (Å²) in [6.45, 7) is 9.92. The number of hydrogen-bond donors (Lipinski definition) is 1. The summed E-state index contributed by atoms with van der Waals surface area (Å²) in [6, 6.07) is 7.75. The first-order valence-corrected chi connectivity index (χ1v) is 18.3. The topological polar surface area (TPSA) is 145 Å². The second kappa shape index (κ2) is 13.2. The minimum atomic E-state index is -4.36. The van der Waals surface area contributed by atoms with Crippen LogP contribution in [0.15, 0.2) is 58.8 Å². The average molecular weight is 734 g/mol. The van der Waals surface area contributed by atoms with Crippen LogP contribution in [0.3, 0.4) is 0 Å². The van der Waals surface area contributed by atoms with Gasteiger partial charge in [-0.05, 0) is 49.1 Å². The normalized spacial score (nSPS) is 15.2. The van der Waals surface area contributed by atoms with Crippen LogP contribution in [-0.2, 0) is 14.6 Å². The Morgan fingerprint density at radius 3 is 2.53 bits per heavy atom. The van der Waals surface area contributed by atoms with E-state index >= 15 is 4.39 Å². The lowest BCUT2D eigenvalue weighted by Gasteiger charge is -2.42. The van der Waals surface area contributed by atoms with Crippen LogP contribution in [0, 0.1) is 31.0 Å². The molecule has 0 radical (unpaired) electrons. The van der Waals surface area contributed by atoms with Crippen molar-refractivity contribution in [3.63, 3.8) is 0 Å². The number of H-pyrrole nitrogens is 1. The maximum atomic E-state index is 17.8. The van der Waals surface area contributed by atoms with Crippen LogP contribution in [0.5, 0.6) is 0 Å². The van der Waals surface area contributed by atoms with Gasteiger partial charge >= 0.3 is 0 Å². The molecule has 1 amide bonds. The van der Waals surface area contributed by atoms with Crippen molar-refractivity contribution in [3.8, 4) is 22.9 Å². The largest absolute Gasteiger partial charge is 0.366 e. The van der Waals surface area contributed by atoms with Crippen molar-refractivity contribution in [2.24, 2.45) is 0 Å². The van der Waals surface area contributed by atoms with Gasteiger partial charge in [-0.25, -0.2) is 17.2 Å². The Balaban J connectivity index is 1.80. The summed E-state index contributed by atoms with van der Waals surface area (Å²) < 4.78 is 60.5. The van der Waals surface area contributed by atoms with E-state index in [9.17, 15) is 27.7 Å². The average Bonchev–Trinajstić information content (AvgIpc) is 3.54. The van der Waals surface area contributed by atoms with Gasteiger partial charge in [0.05, 0.1) is 57.9 Å². The molecular formula is C36H34ClF2N7O4S. The van der Waals surface area contributed by atoms with Gasteiger partial charge in [-0.1, -0.05) is 38.1 Å². The first-order chi connectivity index (χ1) is 24.1. The van der Waals surface area contributed by atoms with E-state index < -0.39 is 43.9 Å². The summed E-state index contributed by atoms with van der Waals surface area (Å²) in [5, 5.41) is 17.1. The molecule has 0 bridgehead atoms. The quantitative estimate of drug-likeness (QED) is 0.193. The summed E-state index contributed by atoms with van der Waals surface area (Å²) >= 11 is 7.00. The standard InChI is InChI=1S/C36H34ClF2N7O4S/c1-18(2)30-31(20(4)10-12-41-30)46-32-23(15-25(37)28(29(32)39)27-19(3)7-8-26-24(27)16-42-43-26)33(34(36(46)48)51(6,49)50)44-13-14-45(35(47)21(5)38)22(17-44)9-11-40/h7-8,10,12,15-16,18,22H,5,9,13-14,17H2,1-4,6H3,(H,42,43)/t22-/m0/s1. The molecule has 2 aromatic carbocycles. The number of aromatic nitrogens is 4. The Bertz CT molecular complexity index is 2510. The predicted molar refractivity (Wildman–Crippen MR) is 192 cm³/mol. The minimum absolute atomic E-state index is 0.00152. The van der Waals surface area contributed by atoms with Gasteiger partial charge in [-0.2, -0.15) is 10.4 Å². The molecule has 51 heavy (non-hydrogen) atoms. The Labute approximate surface area is 297 Å². The number of rotatable bonds is 7. The van der Waals surface area contributed by atoms with Crippen LogP contribution >= 0.6 is 11.6 Å². The number of benzene rings is 2. The maximum absolute atomic E-state index is 17.8. The number of aromatic amines is 1. The number of nitrogens with one attached hydrogen (secondary N) is 1. The number of anilines is 1. The highest BCUT2D eigenvalue weighted by molar-refractivity contribution is 7.90. The zero-order valence-electron chi connectivity index (χ0n) is 28.5. The predicted octanol–water partition coefficient (Wildman–Crippen LogP) is 6.28. The third kappa shape index (κ3) is 5.94. The van der Waals surface area contributed by atoms with E-state index in [0.29, 0.717) is 33.3 Å². The smallest absolute Gasteiger partial charge is 0.282 e. The monoisotopic (exact) mass is 733 g/mol. The molecule has 0 unspecified atom stereocenters. The summed E-state index contributed by atoms with van der Waals surface area (Å²) in [5.74, 6) is -3.37. The molecule has 1 fully saturated rings. The first kappa shape index (κ1) is 35.7. The van der Waals surface area contributed by atoms with Crippen LogP contribution in [-0.4, -0.2) is 70.9 Å². The number of carbonyl (C=O) groups excluding carboxylic acids is 1. The molecule has 4 heterocycles. The third-order valence-electron chi connectivity index (χ3n) is 9.28. The molecule has 5 aromatic rings. The highest BCUT2D eigenvalue weighted by Crippen LogP contribution is 2.45. The molecular weight excluding hydrogens is 700 g/mol. The zero-order valence-corrected chi connectivity index (χ0v) is 30.1. The SMILES string of the molecule is C=C(F)C(=O)N1CCN(c2c(S(C)(=O)=O)c(=O)n(-c3c(C)ccnc3C(C)C)c3c(F)c(-c4c(C)ccc5[nH]ncc45)c(Cl)cc23)C[C@@H]1CC#N. The summed E-state index contributed by atoms with van der Waals surface area (Å²) in [5.41, 5.74) is 1.50. The van der Waals surface area contributed by atoms with Gasteiger partial charge in [-0.3, -0.25) is 24.2 Å². The van der Waals surface area contributed by atoms with Crippen LogP contribution in [0.2, 0.25) is 5.02 Å². The molecule has 0 spiro atoms. The van der Waals surface area contributed by atoms with E-state index in [1.54, 1.807) is 44.4 Å². The van der Waals surface area contributed by atoms with Gasteiger partial charge < -0.3 is 9.80 Å². The first-order valence-electron chi connectivity index (χ1n) is 16.0. The van der Waals surface area contributed by atoms with Gasteiger partial charge in [0.25, 0.3) is 11.5 Å². The van der Waals surface area contributed by atoms with Crippen molar-refractivity contribution in [2.45, 2.75) is 51.0 Å². The number of aryl methyl sites for hydroxylation is 2. The van der Waals surface area contributed by atoms with E-state index in [-0.39, 0.29) is 64.8 Å². The van der Waals surface area contributed by atoms with Crippen molar-refractivity contribution in [1.29, 1.82) is 5.26 Å². The molecule has 1 aliphatic rings. The van der Waals surface area contributed by atoms with Crippen LogP contribution in [0.4, 0.5) is 14.5 Å². The van der Waals surface area contributed by atoms with E-state index in [0.717, 1.165) is 15.7 Å². The van der Waals surface area contributed by atoms with Crippen molar-refractivity contribution in [1.82, 2.24) is 24.6 Å². The van der Waals surface area contributed by atoms with Crippen molar-refractivity contribution < 1.29 is 22.0 Å². The van der Waals surface area contributed by atoms with Gasteiger partial charge in [0.1, 0.15) is 0 Å². The molecule has 0 aliphatic carbocycles. The van der Waals surface area contributed by atoms with E-state index in [2.05, 4.69) is 21.8 Å². The van der Waals surface area contributed by atoms with Crippen LogP contribution < -0.4 is 10.5 Å². The zero-order chi connectivity index (χ0) is 37.1. The third-order valence-corrected chi connectivity index (χ3v) is 10.7. The second-order valence-electron chi connectivity index (χ2n) is 13.0. The number of nitriles is 1. The number of hydrogen-bond acceptors (Lipinski definition) is 8. The highest BCUT2D eigenvalue weighted by atomic mass is 35.5. The fourth-order valence-corrected chi connectivity index (χ4v) is 8.32. The van der Waals surface area contributed by atoms with Gasteiger partial charge in [0, 0.05) is 54.0 Å². The number of amides is 1. The maximum Gasteiger partial charge on any atom is 0.282 e. The highest BCUT2D eigenvalue weighted by Gasteiger charge is 2.37. The lowest BCUT2D eigenvalue weighted by Crippen LogP contribution is -2.55. The lowest BCUT2D eigenvalue weighted by molar-refractivity contribution is -0.131. The Morgan fingerprint density at radius 2 is 1.88 bits per heavy atom. The number of sulfone groups is 1. The van der Waals surface area contributed by atoms with Crippen LogP contribution in [0.25, 0.3) is 38.6 Å². The fourth-order valence-electron chi connectivity index (χ4n) is 7.03. The number of halogens is 3. The van der Waals surface area contributed by atoms with Crippen molar-refractivity contribution in [2.75, 3.05) is 30.8 Å². The number of nitrogens with zero attached hydrogens (tertiary/aromatic N) is 6. The molecule has 11 nitrogen and oxygen atoms in total. The molecule has 1 N–H and O–H groups in total. The number of carbonyl (C=O) groups is 1. The summed E-state index contributed by atoms with van der Waals surface area (Å²) in [4.78, 5) is 34.2. The van der Waals surface area contributed by atoms with Gasteiger partial charge in [0.15, 0.2) is 26.4 Å². The lowest BCUT2D eigenvalue weighted by atomic mass is 9.94. The van der Waals surface area contributed by atoms with E-state index in [4.69, 9.17) is 11.6 Å². The van der Waals surface area contributed by atoms with E-state index in [1.807, 2.05) is 19.9 Å².